The molecule has 0 heterocycles. The number of nitrogens with one attached hydrogen (secondary N) is 1. The molecule has 0 spiro atoms. The summed E-state index contributed by atoms with van der Waals surface area (Å²) in [6, 6.07) is 0. The number of rotatable bonds is 7. The van der Waals surface area contributed by atoms with Gasteiger partial charge in [-0.15, -0.1) is 0 Å². The van der Waals surface area contributed by atoms with Gasteiger partial charge in [0.2, 0.25) is 0 Å². The van der Waals surface area contributed by atoms with Crippen molar-refractivity contribution in [3.63, 3.8) is 0 Å². The van der Waals surface area contributed by atoms with Gasteiger partial charge in [-0.2, -0.15) is 11.8 Å². The van der Waals surface area contributed by atoms with Gasteiger partial charge in [-0.25, -0.2) is 0 Å². The van der Waals surface area contributed by atoms with Crippen LogP contribution < -0.4 is 5.32 Å². The summed E-state index contributed by atoms with van der Waals surface area (Å²) >= 11 is 1.99. The molecule has 1 fully saturated rings. The second kappa shape index (κ2) is 7.87. The average Bonchev–Trinajstić information content (AvgIpc) is 2.37. The normalized spacial score (nSPS) is 21.3. The van der Waals surface area contributed by atoms with E-state index in [-0.39, 0.29) is 5.60 Å². The molecule has 2 N–H and O–H groups in total. The summed E-state index contributed by atoms with van der Waals surface area (Å²) in [4.78, 5) is 0. The van der Waals surface area contributed by atoms with E-state index < -0.39 is 6.10 Å². The molecule has 1 aliphatic rings. The first-order valence-corrected chi connectivity index (χ1v) is 8.67. The van der Waals surface area contributed by atoms with E-state index in [1.807, 2.05) is 32.5 Å². The molecule has 0 aromatic rings. The van der Waals surface area contributed by atoms with Crippen molar-refractivity contribution in [2.45, 2.75) is 69.3 Å². The van der Waals surface area contributed by atoms with Crippen LogP contribution >= 0.6 is 11.8 Å². The summed E-state index contributed by atoms with van der Waals surface area (Å²) in [6.45, 7) is 8.07. The summed E-state index contributed by atoms with van der Waals surface area (Å²) in [5, 5.41) is 13.3. The fourth-order valence-electron chi connectivity index (χ4n) is 2.52. The second-order valence-corrected chi connectivity index (χ2v) is 7.93. The van der Waals surface area contributed by atoms with Crippen LogP contribution in [0.4, 0.5) is 0 Å². The van der Waals surface area contributed by atoms with Gasteiger partial charge in [0, 0.05) is 17.8 Å². The van der Waals surface area contributed by atoms with E-state index in [4.69, 9.17) is 4.74 Å². The zero-order valence-corrected chi connectivity index (χ0v) is 13.8. The van der Waals surface area contributed by atoms with E-state index in [0.29, 0.717) is 17.9 Å². The van der Waals surface area contributed by atoms with E-state index in [0.717, 1.165) is 6.54 Å². The highest BCUT2D eigenvalue weighted by Crippen LogP contribution is 2.37. The van der Waals surface area contributed by atoms with Crippen molar-refractivity contribution in [2.24, 2.45) is 0 Å². The van der Waals surface area contributed by atoms with Crippen molar-refractivity contribution in [3.05, 3.63) is 0 Å². The third-order valence-corrected chi connectivity index (χ3v) is 5.15. The van der Waals surface area contributed by atoms with Gasteiger partial charge in [0.1, 0.15) is 0 Å². The largest absolute Gasteiger partial charge is 0.389 e. The number of thioether (sulfide) groups is 1. The average molecular weight is 289 g/mol. The molecule has 1 rings (SSSR count). The Kier molecular flexibility index (Phi) is 7.15. The fourth-order valence-corrected chi connectivity index (χ4v) is 3.46. The molecule has 1 aliphatic carbocycles. The standard InChI is InChI=1S/C15H31NO2S/c1-14(2,3)18-11-13(17)10-16-12-15(19-4)8-6-5-7-9-15/h13,16-17H,5-12H2,1-4H3. The Labute approximate surface area is 122 Å². The van der Waals surface area contributed by atoms with Gasteiger partial charge in [0.05, 0.1) is 18.3 Å². The zero-order chi connectivity index (χ0) is 14.4. The van der Waals surface area contributed by atoms with E-state index in [2.05, 4.69) is 11.6 Å². The minimum absolute atomic E-state index is 0.176. The summed E-state index contributed by atoms with van der Waals surface area (Å²) < 4.78 is 5.98. The lowest BCUT2D eigenvalue weighted by molar-refractivity contribution is -0.0479. The number of aliphatic hydroxyl groups is 1. The van der Waals surface area contributed by atoms with E-state index >= 15 is 0 Å². The lowest BCUT2D eigenvalue weighted by Gasteiger charge is -2.36. The quantitative estimate of drug-likeness (QED) is 0.756. The Balaban J connectivity index is 2.21. The van der Waals surface area contributed by atoms with E-state index in [1.54, 1.807) is 0 Å². The monoisotopic (exact) mass is 289 g/mol. The minimum Gasteiger partial charge on any atom is -0.389 e. The molecule has 114 valence electrons. The third kappa shape index (κ3) is 6.98. The van der Waals surface area contributed by atoms with Crippen LogP contribution in [0.1, 0.15) is 52.9 Å². The maximum atomic E-state index is 9.90. The highest BCUT2D eigenvalue weighted by Gasteiger charge is 2.30. The molecular formula is C15H31NO2S. The van der Waals surface area contributed by atoms with Crippen LogP contribution in [-0.4, -0.2) is 47.5 Å². The van der Waals surface area contributed by atoms with Crippen molar-refractivity contribution in [3.8, 4) is 0 Å². The lowest BCUT2D eigenvalue weighted by Crippen LogP contribution is -2.43. The number of hydrogen-bond donors (Lipinski definition) is 2. The van der Waals surface area contributed by atoms with Crippen LogP contribution in [-0.2, 0) is 4.74 Å². The molecule has 0 aromatic heterocycles. The van der Waals surface area contributed by atoms with Crippen LogP contribution in [0.3, 0.4) is 0 Å². The molecule has 4 heteroatoms. The maximum Gasteiger partial charge on any atom is 0.0897 e. The SMILES string of the molecule is CSC1(CNCC(O)COC(C)(C)C)CCCCC1. The summed E-state index contributed by atoms with van der Waals surface area (Å²) in [6.07, 6.45) is 8.47. The van der Waals surface area contributed by atoms with Gasteiger partial charge < -0.3 is 15.2 Å². The number of ether oxygens (including phenoxy) is 1. The van der Waals surface area contributed by atoms with Gasteiger partial charge in [-0.05, 0) is 39.9 Å². The molecule has 0 radical (unpaired) electrons. The highest BCUT2D eigenvalue weighted by atomic mass is 32.2. The van der Waals surface area contributed by atoms with Crippen molar-refractivity contribution < 1.29 is 9.84 Å². The lowest BCUT2D eigenvalue weighted by atomic mass is 9.88. The molecule has 0 bridgehead atoms. The van der Waals surface area contributed by atoms with Crippen molar-refractivity contribution >= 4 is 11.8 Å². The molecule has 0 aromatic carbocycles. The predicted molar refractivity (Wildman–Crippen MR) is 83.9 cm³/mol. The van der Waals surface area contributed by atoms with E-state index in [1.165, 1.54) is 32.1 Å². The summed E-state index contributed by atoms with van der Waals surface area (Å²) in [5.41, 5.74) is -0.176. The molecular weight excluding hydrogens is 258 g/mol. The maximum absolute atomic E-state index is 9.90. The molecule has 1 saturated carbocycles. The highest BCUT2D eigenvalue weighted by molar-refractivity contribution is 8.00. The van der Waals surface area contributed by atoms with Gasteiger partial charge in [-0.3, -0.25) is 0 Å². The van der Waals surface area contributed by atoms with Crippen LogP contribution in [0, 0.1) is 0 Å². The first-order valence-electron chi connectivity index (χ1n) is 7.45. The van der Waals surface area contributed by atoms with Gasteiger partial charge in [-0.1, -0.05) is 19.3 Å². The molecule has 1 atom stereocenters. The first kappa shape index (κ1) is 17.3. The third-order valence-electron chi connectivity index (χ3n) is 3.73. The van der Waals surface area contributed by atoms with E-state index in [9.17, 15) is 5.11 Å². The van der Waals surface area contributed by atoms with Crippen LogP contribution in [0.2, 0.25) is 0 Å². The van der Waals surface area contributed by atoms with Crippen LogP contribution in [0.5, 0.6) is 0 Å². The Morgan fingerprint density at radius 1 is 1.26 bits per heavy atom. The Bertz CT molecular complexity index is 247. The van der Waals surface area contributed by atoms with Crippen molar-refractivity contribution in [1.82, 2.24) is 5.32 Å². The summed E-state index contributed by atoms with van der Waals surface area (Å²) in [7, 11) is 0. The van der Waals surface area contributed by atoms with Crippen LogP contribution in [0.15, 0.2) is 0 Å². The molecule has 0 amide bonds. The molecule has 19 heavy (non-hydrogen) atoms. The van der Waals surface area contributed by atoms with Crippen molar-refractivity contribution in [1.29, 1.82) is 0 Å². The number of aliphatic hydroxyl groups excluding tert-OH is 1. The fraction of sp³-hybridized carbons (Fsp3) is 1.00. The molecule has 1 unspecified atom stereocenters. The second-order valence-electron chi connectivity index (χ2n) is 6.66. The van der Waals surface area contributed by atoms with Crippen LogP contribution in [0.25, 0.3) is 0 Å². The number of hydrogen-bond acceptors (Lipinski definition) is 4. The topological polar surface area (TPSA) is 41.5 Å². The molecule has 3 nitrogen and oxygen atoms in total. The van der Waals surface area contributed by atoms with Gasteiger partial charge in [0.15, 0.2) is 0 Å². The Morgan fingerprint density at radius 2 is 1.89 bits per heavy atom. The molecule has 0 aliphatic heterocycles. The smallest absolute Gasteiger partial charge is 0.0897 e. The zero-order valence-electron chi connectivity index (χ0n) is 13.0. The minimum atomic E-state index is -0.415. The summed E-state index contributed by atoms with van der Waals surface area (Å²) in [5.74, 6) is 0. The Morgan fingerprint density at radius 3 is 2.42 bits per heavy atom. The predicted octanol–water partition coefficient (Wildman–Crippen LogP) is 2.82. The molecule has 0 saturated heterocycles. The Hall–Kier alpha value is 0.230. The van der Waals surface area contributed by atoms with Crippen molar-refractivity contribution in [2.75, 3.05) is 26.0 Å². The van der Waals surface area contributed by atoms with Gasteiger partial charge >= 0.3 is 0 Å². The van der Waals surface area contributed by atoms with Gasteiger partial charge in [0.25, 0.3) is 0 Å². The first-order chi connectivity index (χ1) is 8.87.